The molecule has 8 heteroatoms. The second kappa shape index (κ2) is 9.52. The number of nitrogens with two attached hydrogens (primary N) is 1. The molecule has 0 unspecified atom stereocenters. The SMILES string of the molecule is CCOC(=O)[C@H](C)Oc1cc(/C=C/C2=C(C#N)C(=C(C#N)C#N)OC2(C)C)ccc1N. The molecule has 0 aromatic heterocycles. The Morgan fingerprint density at radius 1 is 1.26 bits per heavy atom. The van der Waals surface area contributed by atoms with Gasteiger partial charge in [-0.15, -0.1) is 0 Å². The molecular formula is C23H22N4O4. The minimum atomic E-state index is -0.915. The van der Waals surface area contributed by atoms with Gasteiger partial charge in [-0.3, -0.25) is 0 Å². The third kappa shape index (κ3) is 5.04. The molecule has 2 N–H and O–H groups in total. The Bertz CT molecular complexity index is 1090. The summed E-state index contributed by atoms with van der Waals surface area (Å²) in [6.45, 7) is 7.00. The highest BCUT2D eigenvalue weighted by Crippen LogP contribution is 2.40. The third-order valence-electron chi connectivity index (χ3n) is 4.47. The van der Waals surface area contributed by atoms with Crippen LogP contribution in [0.5, 0.6) is 5.75 Å². The summed E-state index contributed by atoms with van der Waals surface area (Å²) >= 11 is 0. The average Bonchev–Trinajstić information content (AvgIpc) is 2.99. The molecule has 1 aromatic carbocycles. The normalized spacial score (nSPS) is 15.5. The smallest absolute Gasteiger partial charge is 0.347 e. The predicted molar refractivity (Wildman–Crippen MR) is 113 cm³/mol. The van der Waals surface area contributed by atoms with Crippen molar-refractivity contribution < 1.29 is 19.0 Å². The third-order valence-corrected chi connectivity index (χ3v) is 4.47. The molecule has 0 fully saturated rings. The van der Waals surface area contributed by atoms with E-state index in [1.807, 2.05) is 6.07 Å². The fourth-order valence-electron chi connectivity index (χ4n) is 2.92. The Kier molecular flexibility index (Phi) is 7.08. The van der Waals surface area contributed by atoms with Gasteiger partial charge in [0.05, 0.1) is 12.3 Å². The number of allylic oxidation sites excluding steroid dienone is 2. The number of hydrogen-bond acceptors (Lipinski definition) is 8. The lowest BCUT2D eigenvalue weighted by atomic mass is 9.94. The molecule has 1 aliphatic heterocycles. The zero-order valence-electron chi connectivity index (χ0n) is 17.7. The van der Waals surface area contributed by atoms with Crippen molar-refractivity contribution in [2.24, 2.45) is 0 Å². The summed E-state index contributed by atoms with van der Waals surface area (Å²) in [7, 11) is 0. The molecule has 0 amide bonds. The van der Waals surface area contributed by atoms with Crippen LogP contribution in [-0.2, 0) is 14.3 Å². The van der Waals surface area contributed by atoms with Crippen molar-refractivity contribution in [3.05, 3.63) is 52.3 Å². The summed E-state index contributed by atoms with van der Waals surface area (Å²) in [4.78, 5) is 11.8. The molecule has 0 spiro atoms. The molecule has 1 aromatic rings. The Morgan fingerprint density at radius 3 is 2.52 bits per heavy atom. The maximum absolute atomic E-state index is 11.8. The Labute approximate surface area is 181 Å². The fourth-order valence-corrected chi connectivity index (χ4v) is 2.92. The number of nitriles is 3. The van der Waals surface area contributed by atoms with Crippen LogP contribution in [0.1, 0.15) is 33.3 Å². The van der Waals surface area contributed by atoms with Crippen LogP contribution in [0.15, 0.2) is 46.8 Å². The maximum atomic E-state index is 11.8. The summed E-state index contributed by atoms with van der Waals surface area (Å²) in [5, 5.41) is 27.9. The van der Waals surface area contributed by atoms with Crippen LogP contribution in [0.2, 0.25) is 0 Å². The van der Waals surface area contributed by atoms with Gasteiger partial charge >= 0.3 is 5.97 Å². The lowest BCUT2D eigenvalue weighted by molar-refractivity contribution is -0.150. The number of carbonyl (C=O) groups excluding carboxylic acids is 1. The first-order chi connectivity index (χ1) is 14.7. The van der Waals surface area contributed by atoms with Crippen LogP contribution in [0.4, 0.5) is 5.69 Å². The molecule has 0 saturated heterocycles. The van der Waals surface area contributed by atoms with Crippen LogP contribution in [-0.4, -0.2) is 24.3 Å². The number of nitrogen functional groups attached to an aromatic ring is 1. The summed E-state index contributed by atoms with van der Waals surface area (Å²) in [5.41, 5.74) is 6.48. The van der Waals surface area contributed by atoms with E-state index < -0.39 is 17.7 Å². The molecule has 0 saturated carbocycles. The van der Waals surface area contributed by atoms with Crippen molar-refractivity contribution in [3.63, 3.8) is 0 Å². The van der Waals surface area contributed by atoms with Crippen molar-refractivity contribution in [2.45, 2.75) is 39.4 Å². The van der Waals surface area contributed by atoms with Crippen molar-refractivity contribution in [3.8, 4) is 24.0 Å². The van der Waals surface area contributed by atoms with Crippen LogP contribution in [0.25, 0.3) is 6.08 Å². The first-order valence-corrected chi connectivity index (χ1v) is 9.48. The van der Waals surface area contributed by atoms with E-state index in [9.17, 15) is 10.1 Å². The average molecular weight is 418 g/mol. The zero-order valence-corrected chi connectivity index (χ0v) is 17.7. The number of hydrogen-bond donors (Lipinski definition) is 1. The summed E-state index contributed by atoms with van der Waals surface area (Å²) in [6, 6.07) is 10.6. The minimum absolute atomic E-state index is 0.0262. The van der Waals surface area contributed by atoms with Gasteiger partial charge in [0.1, 0.15) is 35.1 Å². The van der Waals surface area contributed by atoms with Crippen LogP contribution in [0, 0.1) is 34.0 Å². The Morgan fingerprint density at radius 2 is 1.94 bits per heavy atom. The van der Waals surface area contributed by atoms with Gasteiger partial charge in [-0.2, -0.15) is 15.8 Å². The van der Waals surface area contributed by atoms with Crippen LogP contribution < -0.4 is 10.5 Å². The number of nitrogens with zero attached hydrogens (tertiary/aromatic N) is 3. The monoisotopic (exact) mass is 418 g/mol. The van der Waals surface area contributed by atoms with E-state index in [1.165, 1.54) is 0 Å². The second-order valence-electron chi connectivity index (χ2n) is 7.08. The fraction of sp³-hybridized carbons (Fsp3) is 0.304. The number of esters is 1. The molecule has 1 atom stereocenters. The van der Waals surface area contributed by atoms with Gasteiger partial charge in [-0.1, -0.05) is 18.2 Å². The number of benzene rings is 1. The zero-order chi connectivity index (χ0) is 23.2. The number of rotatable bonds is 6. The van der Waals surface area contributed by atoms with Gasteiger partial charge in [0.25, 0.3) is 0 Å². The number of carbonyl (C=O) groups is 1. The van der Waals surface area contributed by atoms with E-state index in [2.05, 4.69) is 0 Å². The largest absolute Gasteiger partial charge is 0.480 e. The van der Waals surface area contributed by atoms with E-state index >= 15 is 0 Å². The second-order valence-corrected chi connectivity index (χ2v) is 7.08. The lowest BCUT2D eigenvalue weighted by Gasteiger charge is -2.20. The van der Waals surface area contributed by atoms with Gasteiger partial charge in [-0.25, -0.2) is 4.79 Å². The van der Waals surface area contributed by atoms with Gasteiger partial charge in [-0.05, 0) is 45.4 Å². The van der Waals surface area contributed by atoms with Gasteiger partial charge in [0, 0.05) is 5.57 Å². The van der Waals surface area contributed by atoms with E-state index in [0.29, 0.717) is 22.6 Å². The first-order valence-electron chi connectivity index (χ1n) is 9.48. The molecular weight excluding hydrogens is 396 g/mol. The number of ether oxygens (including phenoxy) is 3. The summed E-state index contributed by atoms with van der Waals surface area (Å²) < 4.78 is 16.3. The van der Waals surface area contributed by atoms with E-state index in [1.54, 1.807) is 70.2 Å². The maximum Gasteiger partial charge on any atom is 0.347 e. The summed E-state index contributed by atoms with van der Waals surface area (Å²) in [6.07, 6.45) is 2.57. The van der Waals surface area contributed by atoms with Gasteiger partial charge in [0.2, 0.25) is 0 Å². The van der Waals surface area contributed by atoms with Crippen molar-refractivity contribution in [1.82, 2.24) is 0 Å². The highest BCUT2D eigenvalue weighted by atomic mass is 16.6. The molecule has 1 heterocycles. The minimum Gasteiger partial charge on any atom is -0.480 e. The number of anilines is 1. The van der Waals surface area contributed by atoms with Crippen LogP contribution in [0.3, 0.4) is 0 Å². The Balaban J connectivity index is 2.41. The van der Waals surface area contributed by atoms with Crippen molar-refractivity contribution in [2.75, 3.05) is 12.3 Å². The quantitative estimate of drug-likeness (QED) is 0.420. The van der Waals surface area contributed by atoms with E-state index in [0.717, 1.165) is 0 Å². The molecule has 31 heavy (non-hydrogen) atoms. The van der Waals surface area contributed by atoms with E-state index in [-0.39, 0.29) is 23.5 Å². The predicted octanol–water partition coefficient (Wildman–Crippen LogP) is 3.54. The highest BCUT2D eigenvalue weighted by Gasteiger charge is 2.38. The molecule has 8 nitrogen and oxygen atoms in total. The van der Waals surface area contributed by atoms with Gasteiger partial charge in [0.15, 0.2) is 17.4 Å². The van der Waals surface area contributed by atoms with Crippen molar-refractivity contribution in [1.29, 1.82) is 15.8 Å². The first kappa shape index (κ1) is 23.1. The standard InChI is InChI=1S/C23H22N4O4/c1-5-29-22(28)14(2)30-20-10-15(7-9-19(20)27)6-8-18-17(13-26)21(16(11-24)12-25)31-23(18,3)4/h6-10,14H,5,27H2,1-4H3/b8-6+/t14-/m0/s1. The topological polar surface area (TPSA) is 142 Å². The molecule has 0 radical (unpaired) electrons. The highest BCUT2D eigenvalue weighted by molar-refractivity contribution is 5.75. The molecule has 158 valence electrons. The molecule has 0 bridgehead atoms. The molecule has 2 rings (SSSR count). The van der Waals surface area contributed by atoms with Gasteiger partial charge < -0.3 is 19.9 Å². The molecule has 0 aliphatic carbocycles. The van der Waals surface area contributed by atoms with Crippen LogP contribution >= 0.6 is 0 Å². The summed E-state index contributed by atoms with van der Waals surface area (Å²) in [5.74, 6) is -0.209. The lowest BCUT2D eigenvalue weighted by Crippen LogP contribution is -2.26. The Hall–Kier alpha value is -4.22. The van der Waals surface area contributed by atoms with Crippen molar-refractivity contribution >= 4 is 17.7 Å². The van der Waals surface area contributed by atoms with E-state index in [4.69, 9.17) is 30.5 Å². The molecule has 1 aliphatic rings.